The summed E-state index contributed by atoms with van der Waals surface area (Å²) in [6.07, 6.45) is 8.41. The lowest BCUT2D eigenvalue weighted by atomic mass is 10.1. The van der Waals surface area contributed by atoms with Crippen molar-refractivity contribution in [3.05, 3.63) is 107 Å². The van der Waals surface area contributed by atoms with Crippen molar-refractivity contribution < 1.29 is 0 Å². The smallest absolute Gasteiger partial charge is 0.0861 e. The van der Waals surface area contributed by atoms with Crippen LogP contribution in [0.2, 0.25) is 0 Å². The molecule has 0 atom stereocenters. The molecule has 4 nitrogen and oxygen atoms in total. The second kappa shape index (κ2) is 10.0. The molecule has 0 bridgehead atoms. The molecule has 1 heterocycles. The molecule has 0 radical (unpaired) electrons. The lowest BCUT2D eigenvalue weighted by molar-refractivity contribution is 0.867. The molecule has 4 aromatic rings. The molecule has 166 valence electrons. The topological polar surface area (TPSA) is 24.3 Å². The molecule has 1 aromatic heterocycles. The van der Waals surface area contributed by atoms with Gasteiger partial charge in [-0.3, -0.25) is 0 Å². The number of nitrogens with zero attached hydrogens (tertiary/aromatic N) is 4. The van der Waals surface area contributed by atoms with E-state index in [1.54, 1.807) is 0 Å². The Morgan fingerprint density at radius 3 is 1.64 bits per heavy atom. The summed E-state index contributed by atoms with van der Waals surface area (Å²) in [5.74, 6) is 0. The predicted molar refractivity (Wildman–Crippen MR) is 143 cm³/mol. The highest BCUT2D eigenvalue weighted by atomic mass is 15.3. The largest absolute Gasteiger partial charge is 0.378 e. The first-order valence-electron chi connectivity index (χ1n) is 11.1. The molecule has 0 aliphatic rings. The van der Waals surface area contributed by atoms with Crippen molar-refractivity contribution >= 4 is 35.7 Å². The average molecular weight is 435 g/mol. The monoisotopic (exact) mass is 434 g/mol. The van der Waals surface area contributed by atoms with Crippen LogP contribution in [0.4, 0.5) is 11.4 Å². The second-order valence-corrected chi connectivity index (χ2v) is 8.38. The van der Waals surface area contributed by atoms with Crippen LogP contribution in [-0.4, -0.2) is 38.0 Å². The first-order valence-corrected chi connectivity index (χ1v) is 11.1. The summed E-state index contributed by atoms with van der Waals surface area (Å²) in [6, 6.07) is 29.4. The SMILES string of the molecule is CN(C)c1ccc(C=Cc2cc(C=Cc3ccc(N(C)C)cc3)n(-c3ccccc3)n2)cc1. The first kappa shape index (κ1) is 22.2. The van der Waals surface area contributed by atoms with Crippen LogP contribution >= 0.6 is 0 Å². The van der Waals surface area contributed by atoms with Gasteiger partial charge in [-0.15, -0.1) is 0 Å². The minimum absolute atomic E-state index is 0.915. The molecule has 3 aromatic carbocycles. The molecule has 4 heteroatoms. The van der Waals surface area contributed by atoms with Gasteiger partial charge in [-0.05, 0) is 65.7 Å². The lowest BCUT2D eigenvalue weighted by Gasteiger charge is -2.11. The van der Waals surface area contributed by atoms with Crippen LogP contribution in [0.1, 0.15) is 22.5 Å². The zero-order chi connectivity index (χ0) is 23.2. The van der Waals surface area contributed by atoms with E-state index in [-0.39, 0.29) is 0 Å². The van der Waals surface area contributed by atoms with E-state index < -0.39 is 0 Å². The maximum Gasteiger partial charge on any atom is 0.0861 e. The van der Waals surface area contributed by atoms with Gasteiger partial charge in [0, 0.05) is 39.6 Å². The van der Waals surface area contributed by atoms with E-state index in [9.17, 15) is 0 Å². The number of aromatic nitrogens is 2. The van der Waals surface area contributed by atoms with Crippen molar-refractivity contribution in [2.75, 3.05) is 38.0 Å². The number of rotatable bonds is 7. The van der Waals surface area contributed by atoms with Crippen molar-refractivity contribution in [1.29, 1.82) is 0 Å². The van der Waals surface area contributed by atoms with Crippen LogP contribution < -0.4 is 9.80 Å². The zero-order valence-corrected chi connectivity index (χ0v) is 19.7. The van der Waals surface area contributed by atoms with E-state index in [1.165, 1.54) is 11.4 Å². The first-order chi connectivity index (χ1) is 16.0. The quantitative estimate of drug-likeness (QED) is 0.339. The van der Waals surface area contributed by atoms with Crippen LogP contribution in [-0.2, 0) is 0 Å². The molecule has 0 saturated carbocycles. The third-order valence-corrected chi connectivity index (χ3v) is 5.47. The highest BCUT2D eigenvalue weighted by molar-refractivity contribution is 5.74. The standard InChI is InChI=1S/C29H30N4/c1-31(2)26-17-11-23(12-18-26)10-16-25-22-29(33(30-25)28-8-6-5-7-9-28)21-15-24-13-19-27(20-14-24)32(3)4/h5-22H,1-4H3. The van der Waals surface area contributed by atoms with Gasteiger partial charge in [0.2, 0.25) is 0 Å². The van der Waals surface area contributed by atoms with Gasteiger partial charge in [0.1, 0.15) is 0 Å². The Hall–Kier alpha value is -4.05. The van der Waals surface area contributed by atoms with Crippen molar-refractivity contribution in [3.8, 4) is 5.69 Å². The molecule has 0 amide bonds. The highest BCUT2D eigenvalue weighted by Gasteiger charge is 2.06. The van der Waals surface area contributed by atoms with Crippen LogP contribution in [0.3, 0.4) is 0 Å². The number of hydrogen-bond acceptors (Lipinski definition) is 3. The Labute approximate surface area is 196 Å². The van der Waals surface area contributed by atoms with E-state index in [2.05, 4.69) is 115 Å². The van der Waals surface area contributed by atoms with Gasteiger partial charge in [0.05, 0.1) is 17.1 Å². The maximum atomic E-state index is 4.85. The molecule has 0 N–H and O–H groups in total. The van der Waals surface area contributed by atoms with Crippen molar-refractivity contribution in [2.24, 2.45) is 0 Å². The van der Waals surface area contributed by atoms with Crippen LogP contribution in [0, 0.1) is 0 Å². The Kier molecular flexibility index (Phi) is 6.75. The molecular formula is C29H30N4. The van der Waals surface area contributed by atoms with Crippen LogP contribution in [0.25, 0.3) is 30.0 Å². The van der Waals surface area contributed by atoms with Crippen molar-refractivity contribution in [3.63, 3.8) is 0 Å². The van der Waals surface area contributed by atoms with E-state index in [1.807, 2.05) is 37.0 Å². The van der Waals surface area contributed by atoms with Gasteiger partial charge in [-0.25, -0.2) is 4.68 Å². The maximum absolute atomic E-state index is 4.85. The predicted octanol–water partition coefficient (Wildman–Crippen LogP) is 6.35. The van der Waals surface area contributed by atoms with Gasteiger partial charge >= 0.3 is 0 Å². The Morgan fingerprint density at radius 2 is 1.12 bits per heavy atom. The zero-order valence-electron chi connectivity index (χ0n) is 19.7. The van der Waals surface area contributed by atoms with E-state index >= 15 is 0 Å². The highest BCUT2D eigenvalue weighted by Crippen LogP contribution is 2.19. The Balaban J connectivity index is 1.61. The fourth-order valence-corrected chi connectivity index (χ4v) is 3.52. The molecule has 4 rings (SSSR count). The lowest BCUT2D eigenvalue weighted by Crippen LogP contribution is -2.07. The molecule has 0 spiro atoms. The molecule has 0 unspecified atom stereocenters. The number of anilines is 2. The molecule has 0 saturated heterocycles. The third kappa shape index (κ3) is 5.60. The third-order valence-electron chi connectivity index (χ3n) is 5.47. The van der Waals surface area contributed by atoms with Gasteiger partial charge in [-0.2, -0.15) is 5.10 Å². The summed E-state index contributed by atoms with van der Waals surface area (Å²) in [5, 5.41) is 4.85. The summed E-state index contributed by atoms with van der Waals surface area (Å²) in [7, 11) is 8.20. The summed E-state index contributed by atoms with van der Waals surface area (Å²) in [6.45, 7) is 0. The summed E-state index contributed by atoms with van der Waals surface area (Å²) in [4.78, 5) is 4.20. The molecular weight excluding hydrogens is 404 g/mol. The minimum Gasteiger partial charge on any atom is -0.378 e. The molecule has 0 aliphatic heterocycles. The number of hydrogen-bond donors (Lipinski definition) is 0. The fourth-order valence-electron chi connectivity index (χ4n) is 3.52. The molecule has 33 heavy (non-hydrogen) atoms. The summed E-state index contributed by atoms with van der Waals surface area (Å²) >= 11 is 0. The van der Waals surface area contributed by atoms with Gasteiger partial charge < -0.3 is 9.80 Å². The van der Waals surface area contributed by atoms with E-state index in [4.69, 9.17) is 5.10 Å². The second-order valence-electron chi connectivity index (χ2n) is 8.38. The molecule has 0 aliphatic carbocycles. The Bertz CT molecular complexity index is 1230. The average Bonchev–Trinajstić information content (AvgIpc) is 3.25. The van der Waals surface area contributed by atoms with Crippen molar-refractivity contribution in [1.82, 2.24) is 9.78 Å². The van der Waals surface area contributed by atoms with Gasteiger partial charge in [0.15, 0.2) is 0 Å². The minimum atomic E-state index is 0.915. The summed E-state index contributed by atoms with van der Waals surface area (Å²) in [5.41, 5.74) is 7.65. The van der Waals surface area contributed by atoms with Gasteiger partial charge in [0.25, 0.3) is 0 Å². The van der Waals surface area contributed by atoms with E-state index in [0.29, 0.717) is 0 Å². The van der Waals surface area contributed by atoms with Crippen molar-refractivity contribution in [2.45, 2.75) is 0 Å². The van der Waals surface area contributed by atoms with Crippen LogP contribution in [0.5, 0.6) is 0 Å². The summed E-state index contributed by atoms with van der Waals surface area (Å²) < 4.78 is 1.99. The number of para-hydroxylation sites is 1. The van der Waals surface area contributed by atoms with Crippen LogP contribution in [0.15, 0.2) is 84.9 Å². The van der Waals surface area contributed by atoms with Gasteiger partial charge in [-0.1, -0.05) is 54.6 Å². The fraction of sp³-hybridized carbons (Fsp3) is 0.138. The van der Waals surface area contributed by atoms with E-state index in [0.717, 1.165) is 28.2 Å². The molecule has 0 fully saturated rings. The normalized spacial score (nSPS) is 11.4. The Morgan fingerprint density at radius 1 is 0.606 bits per heavy atom. The number of benzene rings is 3.